The molecule has 0 aromatic rings. The van der Waals surface area contributed by atoms with E-state index in [0.29, 0.717) is 12.0 Å². The average Bonchev–Trinajstić information content (AvgIpc) is 2.80. The van der Waals surface area contributed by atoms with Gasteiger partial charge in [-0.2, -0.15) is 5.10 Å². The summed E-state index contributed by atoms with van der Waals surface area (Å²) in [5.41, 5.74) is 0. The number of hydrogen-bond acceptors (Lipinski definition) is 2. The third kappa shape index (κ3) is 0.964. The lowest BCUT2D eigenvalue weighted by Gasteiger charge is -2.17. The molecule has 0 aromatic heterocycles. The number of hydrogen-bond donors (Lipinski definition) is 0. The van der Waals surface area contributed by atoms with E-state index in [2.05, 4.69) is 11.7 Å². The number of hydrazone groups is 1. The fourth-order valence-corrected chi connectivity index (χ4v) is 1.45. The van der Waals surface area contributed by atoms with Gasteiger partial charge in [0, 0.05) is 6.21 Å². The molecule has 0 spiro atoms. The summed E-state index contributed by atoms with van der Waals surface area (Å²) in [4.78, 5) is 11.1. The number of rotatable bonds is 1. The van der Waals surface area contributed by atoms with Crippen molar-refractivity contribution in [1.29, 1.82) is 0 Å². The van der Waals surface area contributed by atoms with Gasteiger partial charge in [0.1, 0.15) is 0 Å². The Morgan fingerprint density at radius 3 is 3.36 bits per heavy atom. The minimum Gasteiger partial charge on any atom is -0.268 e. The van der Waals surface area contributed by atoms with E-state index in [9.17, 15) is 4.79 Å². The van der Waals surface area contributed by atoms with Crippen LogP contribution in [0.25, 0.3) is 0 Å². The lowest BCUT2D eigenvalue weighted by atomic mass is 10.3. The van der Waals surface area contributed by atoms with Gasteiger partial charge >= 0.3 is 0 Å². The number of amides is 1. The largest absolute Gasteiger partial charge is 0.268 e. The van der Waals surface area contributed by atoms with Gasteiger partial charge in [-0.3, -0.25) is 4.79 Å². The Morgan fingerprint density at radius 2 is 2.64 bits per heavy atom. The van der Waals surface area contributed by atoms with Gasteiger partial charge in [-0.15, -0.1) is 0 Å². The van der Waals surface area contributed by atoms with Crippen molar-refractivity contribution < 1.29 is 4.79 Å². The average molecular weight is 150 g/mol. The standard InChI is InChI=1S/C8H10N2O/c1-2-8(11)10-7-5-6(7)3-4-9-10/h2,4,6-7H,1,3,5H2/t6?,7-/m1/s1. The van der Waals surface area contributed by atoms with Crippen LogP contribution in [-0.4, -0.2) is 23.2 Å². The predicted molar refractivity (Wildman–Crippen MR) is 42.0 cm³/mol. The van der Waals surface area contributed by atoms with Gasteiger partial charge in [-0.1, -0.05) is 6.58 Å². The highest BCUT2D eigenvalue weighted by molar-refractivity contribution is 5.88. The van der Waals surface area contributed by atoms with Gasteiger partial charge < -0.3 is 0 Å². The summed E-state index contributed by atoms with van der Waals surface area (Å²) in [6, 6.07) is 0.380. The quantitative estimate of drug-likeness (QED) is 0.508. The zero-order valence-electron chi connectivity index (χ0n) is 6.23. The molecule has 0 radical (unpaired) electrons. The van der Waals surface area contributed by atoms with E-state index in [-0.39, 0.29) is 5.91 Å². The van der Waals surface area contributed by atoms with Gasteiger partial charge in [0.05, 0.1) is 6.04 Å². The van der Waals surface area contributed by atoms with Crippen LogP contribution in [-0.2, 0) is 4.79 Å². The van der Waals surface area contributed by atoms with Gasteiger partial charge in [0.2, 0.25) is 0 Å². The molecule has 0 bridgehead atoms. The molecule has 1 unspecified atom stereocenters. The van der Waals surface area contributed by atoms with Crippen molar-refractivity contribution in [3.05, 3.63) is 12.7 Å². The van der Waals surface area contributed by atoms with Crippen molar-refractivity contribution in [3.63, 3.8) is 0 Å². The second kappa shape index (κ2) is 2.19. The highest BCUT2D eigenvalue weighted by atomic mass is 16.2. The van der Waals surface area contributed by atoms with Crippen molar-refractivity contribution in [2.24, 2.45) is 11.0 Å². The number of nitrogens with zero attached hydrogens (tertiary/aromatic N) is 2. The Balaban J connectivity index is 2.13. The van der Waals surface area contributed by atoms with E-state index < -0.39 is 0 Å². The molecule has 1 aliphatic heterocycles. The summed E-state index contributed by atoms with van der Waals surface area (Å²) in [6.07, 6.45) is 5.28. The van der Waals surface area contributed by atoms with E-state index in [1.807, 2.05) is 6.21 Å². The van der Waals surface area contributed by atoms with E-state index in [0.717, 1.165) is 12.8 Å². The first-order valence-corrected chi connectivity index (χ1v) is 3.81. The summed E-state index contributed by atoms with van der Waals surface area (Å²) < 4.78 is 0. The van der Waals surface area contributed by atoms with Crippen molar-refractivity contribution in [2.75, 3.05) is 0 Å². The van der Waals surface area contributed by atoms with Crippen LogP contribution >= 0.6 is 0 Å². The van der Waals surface area contributed by atoms with E-state index >= 15 is 0 Å². The maximum Gasteiger partial charge on any atom is 0.266 e. The molecule has 3 heteroatoms. The fourth-order valence-electron chi connectivity index (χ4n) is 1.45. The third-order valence-electron chi connectivity index (χ3n) is 2.21. The molecule has 0 aromatic carbocycles. The molecule has 2 aliphatic rings. The summed E-state index contributed by atoms with van der Waals surface area (Å²) in [5.74, 6) is 0.602. The number of carbonyl (C=O) groups is 1. The van der Waals surface area contributed by atoms with Crippen LogP contribution in [0.3, 0.4) is 0 Å². The predicted octanol–water partition coefficient (Wildman–Crippen LogP) is 0.779. The molecule has 0 saturated heterocycles. The van der Waals surface area contributed by atoms with E-state index in [1.165, 1.54) is 6.08 Å². The molecule has 1 saturated carbocycles. The molecule has 1 aliphatic carbocycles. The molecule has 3 nitrogen and oxygen atoms in total. The van der Waals surface area contributed by atoms with Crippen molar-refractivity contribution in [3.8, 4) is 0 Å². The molecule has 2 atom stereocenters. The zero-order chi connectivity index (χ0) is 7.84. The smallest absolute Gasteiger partial charge is 0.266 e. The molecule has 11 heavy (non-hydrogen) atoms. The van der Waals surface area contributed by atoms with E-state index in [1.54, 1.807) is 5.01 Å². The van der Waals surface area contributed by atoms with Gasteiger partial charge in [-0.05, 0) is 24.8 Å². The molecule has 1 heterocycles. The van der Waals surface area contributed by atoms with Gasteiger partial charge in [0.25, 0.3) is 5.91 Å². The fraction of sp³-hybridized carbons (Fsp3) is 0.500. The third-order valence-corrected chi connectivity index (χ3v) is 2.21. The lowest BCUT2D eigenvalue weighted by Crippen LogP contribution is -2.29. The number of carbonyl (C=O) groups excluding carboxylic acids is 1. The van der Waals surface area contributed by atoms with Gasteiger partial charge in [0.15, 0.2) is 0 Å². The maximum atomic E-state index is 11.1. The number of fused-ring (bicyclic) bond motifs is 1. The van der Waals surface area contributed by atoms with Crippen LogP contribution in [0.4, 0.5) is 0 Å². The first-order chi connectivity index (χ1) is 5.33. The Labute approximate surface area is 65.4 Å². The molecular formula is C8H10N2O. The molecule has 1 amide bonds. The minimum absolute atomic E-state index is 0.0755. The Bertz CT molecular complexity index is 234. The Morgan fingerprint density at radius 1 is 1.82 bits per heavy atom. The summed E-state index contributed by atoms with van der Waals surface area (Å²) in [7, 11) is 0. The van der Waals surface area contributed by atoms with Crippen LogP contribution in [0.15, 0.2) is 17.8 Å². The molecular weight excluding hydrogens is 140 g/mol. The summed E-state index contributed by atoms with van der Waals surface area (Å²) in [6.45, 7) is 3.42. The maximum absolute atomic E-state index is 11.1. The summed E-state index contributed by atoms with van der Waals surface area (Å²) >= 11 is 0. The topological polar surface area (TPSA) is 32.7 Å². The molecule has 1 fully saturated rings. The van der Waals surface area contributed by atoms with E-state index in [4.69, 9.17) is 0 Å². The van der Waals surface area contributed by atoms with Crippen LogP contribution in [0.5, 0.6) is 0 Å². The van der Waals surface area contributed by atoms with Gasteiger partial charge in [-0.25, -0.2) is 5.01 Å². The monoisotopic (exact) mass is 150 g/mol. The first kappa shape index (κ1) is 6.58. The lowest BCUT2D eigenvalue weighted by molar-refractivity contribution is -0.126. The van der Waals surface area contributed by atoms with Crippen LogP contribution in [0.2, 0.25) is 0 Å². The highest BCUT2D eigenvalue weighted by Crippen LogP contribution is 2.40. The zero-order valence-corrected chi connectivity index (χ0v) is 6.23. The normalized spacial score (nSPS) is 32.9. The SMILES string of the molecule is C=CC(=O)N1N=CCC2C[C@H]21. The molecule has 0 N–H and O–H groups in total. The second-order valence-electron chi connectivity index (χ2n) is 2.98. The highest BCUT2D eigenvalue weighted by Gasteiger charge is 2.44. The Kier molecular flexibility index (Phi) is 1.31. The first-order valence-electron chi connectivity index (χ1n) is 3.81. The van der Waals surface area contributed by atoms with Crippen molar-refractivity contribution in [2.45, 2.75) is 18.9 Å². The Hall–Kier alpha value is -1.12. The molecule has 2 rings (SSSR count). The van der Waals surface area contributed by atoms with Crippen molar-refractivity contribution >= 4 is 12.1 Å². The van der Waals surface area contributed by atoms with Crippen LogP contribution < -0.4 is 0 Å². The van der Waals surface area contributed by atoms with Crippen LogP contribution in [0, 0.1) is 5.92 Å². The van der Waals surface area contributed by atoms with Crippen molar-refractivity contribution in [1.82, 2.24) is 5.01 Å². The second-order valence-corrected chi connectivity index (χ2v) is 2.98. The molecule has 58 valence electrons. The van der Waals surface area contributed by atoms with Crippen LogP contribution in [0.1, 0.15) is 12.8 Å². The minimum atomic E-state index is -0.0755. The summed E-state index contributed by atoms with van der Waals surface area (Å²) in [5, 5.41) is 5.55.